The lowest BCUT2D eigenvalue weighted by atomic mass is 10.0. The van der Waals surface area contributed by atoms with Crippen LogP contribution in [0.4, 0.5) is 0 Å². The molecule has 0 saturated heterocycles. The fourth-order valence-electron chi connectivity index (χ4n) is 2.74. The third-order valence-corrected chi connectivity index (χ3v) is 3.91. The van der Waals surface area contributed by atoms with Crippen molar-refractivity contribution in [1.82, 2.24) is 4.90 Å². The maximum Gasteiger partial charge on any atom is 0.307 e. The van der Waals surface area contributed by atoms with Gasteiger partial charge < -0.3 is 9.64 Å². The summed E-state index contributed by atoms with van der Waals surface area (Å²) >= 11 is 0. The Bertz CT molecular complexity index is 473. The molecule has 1 aliphatic carbocycles. The number of benzene rings is 1. The Morgan fingerprint density at radius 2 is 1.85 bits per heavy atom. The van der Waals surface area contributed by atoms with E-state index in [1.807, 2.05) is 19.1 Å². The summed E-state index contributed by atoms with van der Waals surface area (Å²) in [5.41, 5.74) is 2.55. The van der Waals surface area contributed by atoms with Crippen molar-refractivity contribution in [3.05, 3.63) is 35.4 Å². The highest BCUT2D eigenvalue weighted by atomic mass is 16.5. The van der Waals surface area contributed by atoms with E-state index in [4.69, 9.17) is 0 Å². The minimum absolute atomic E-state index is 0.0185. The van der Waals surface area contributed by atoms with Gasteiger partial charge in [-0.2, -0.15) is 0 Å². The van der Waals surface area contributed by atoms with Crippen molar-refractivity contribution in [2.24, 2.45) is 5.92 Å². The number of esters is 1. The number of fused-ring (bicyclic) bond motifs is 1. The van der Waals surface area contributed by atoms with Gasteiger partial charge in [0.25, 0.3) is 0 Å². The molecular formula is C16H21NO3. The number of hydrogen-bond acceptors (Lipinski definition) is 3. The zero-order valence-corrected chi connectivity index (χ0v) is 12.1. The van der Waals surface area contributed by atoms with Gasteiger partial charge in [-0.05, 0) is 30.9 Å². The molecule has 0 radical (unpaired) electrons. The molecule has 0 bridgehead atoms. The van der Waals surface area contributed by atoms with E-state index in [0.717, 1.165) is 12.8 Å². The summed E-state index contributed by atoms with van der Waals surface area (Å²) in [5, 5.41) is 0. The van der Waals surface area contributed by atoms with Crippen molar-refractivity contribution in [2.75, 3.05) is 20.2 Å². The molecule has 0 aliphatic heterocycles. The fraction of sp³-hybridized carbons (Fsp3) is 0.500. The van der Waals surface area contributed by atoms with Gasteiger partial charge in [-0.15, -0.1) is 0 Å². The highest BCUT2D eigenvalue weighted by Gasteiger charge is 2.29. The molecular weight excluding hydrogens is 254 g/mol. The molecule has 0 aromatic heterocycles. The van der Waals surface area contributed by atoms with Crippen LogP contribution >= 0.6 is 0 Å². The highest BCUT2D eigenvalue weighted by molar-refractivity contribution is 5.81. The lowest BCUT2D eigenvalue weighted by Crippen LogP contribution is -2.38. The van der Waals surface area contributed by atoms with E-state index in [0.29, 0.717) is 13.1 Å². The number of methoxy groups -OCH3 is 1. The van der Waals surface area contributed by atoms with Crippen LogP contribution in [0, 0.1) is 5.92 Å². The summed E-state index contributed by atoms with van der Waals surface area (Å²) in [6.07, 6.45) is 1.88. The summed E-state index contributed by atoms with van der Waals surface area (Å²) in [4.78, 5) is 25.5. The van der Waals surface area contributed by atoms with Crippen LogP contribution in [0.25, 0.3) is 0 Å². The van der Waals surface area contributed by atoms with Crippen molar-refractivity contribution < 1.29 is 14.3 Å². The fourth-order valence-corrected chi connectivity index (χ4v) is 2.74. The van der Waals surface area contributed by atoms with Crippen molar-refractivity contribution in [3.63, 3.8) is 0 Å². The molecule has 1 amide bonds. The van der Waals surface area contributed by atoms with Crippen LogP contribution in [-0.4, -0.2) is 37.0 Å². The first-order valence-electron chi connectivity index (χ1n) is 7.08. The third kappa shape index (κ3) is 3.18. The van der Waals surface area contributed by atoms with E-state index >= 15 is 0 Å². The monoisotopic (exact) mass is 275 g/mol. The zero-order valence-electron chi connectivity index (χ0n) is 12.1. The Balaban J connectivity index is 1.95. The van der Waals surface area contributed by atoms with Gasteiger partial charge in [0.05, 0.1) is 13.5 Å². The Labute approximate surface area is 119 Å². The third-order valence-electron chi connectivity index (χ3n) is 3.91. The predicted octanol–water partition coefficient (Wildman–Crippen LogP) is 1.81. The number of carbonyl (C=O) groups excluding carboxylic acids is 2. The zero-order chi connectivity index (χ0) is 14.5. The maximum atomic E-state index is 12.5. The second-order valence-corrected chi connectivity index (χ2v) is 5.12. The van der Waals surface area contributed by atoms with Crippen LogP contribution in [0.1, 0.15) is 24.5 Å². The summed E-state index contributed by atoms with van der Waals surface area (Å²) in [6, 6.07) is 8.21. The molecule has 4 heteroatoms. The van der Waals surface area contributed by atoms with E-state index in [1.165, 1.54) is 18.2 Å². The van der Waals surface area contributed by atoms with Gasteiger partial charge in [0.15, 0.2) is 0 Å². The van der Waals surface area contributed by atoms with Gasteiger partial charge in [-0.1, -0.05) is 24.3 Å². The number of ether oxygens (including phenoxy) is 1. The molecule has 0 fully saturated rings. The van der Waals surface area contributed by atoms with Crippen molar-refractivity contribution in [3.8, 4) is 0 Å². The SMILES string of the molecule is CCN(CCC(=O)OC)C(=O)C1Cc2ccccc2C1. The topological polar surface area (TPSA) is 46.6 Å². The Morgan fingerprint density at radius 3 is 2.35 bits per heavy atom. The molecule has 1 aromatic carbocycles. The maximum absolute atomic E-state index is 12.5. The standard InChI is InChI=1S/C16H21NO3/c1-3-17(9-8-15(18)20-2)16(19)14-10-12-6-4-5-7-13(12)11-14/h4-7,14H,3,8-11H2,1-2H3. The number of carbonyl (C=O) groups is 2. The molecule has 0 N–H and O–H groups in total. The molecule has 108 valence electrons. The molecule has 4 nitrogen and oxygen atoms in total. The number of hydrogen-bond donors (Lipinski definition) is 0. The van der Waals surface area contributed by atoms with Gasteiger partial charge in [0, 0.05) is 19.0 Å². The number of nitrogens with zero attached hydrogens (tertiary/aromatic N) is 1. The first-order valence-corrected chi connectivity index (χ1v) is 7.08. The number of rotatable bonds is 5. The average molecular weight is 275 g/mol. The summed E-state index contributed by atoms with van der Waals surface area (Å²) < 4.78 is 4.62. The Kier molecular flexibility index (Phi) is 4.77. The summed E-state index contributed by atoms with van der Waals surface area (Å²) in [6.45, 7) is 3.01. The average Bonchev–Trinajstić information content (AvgIpc) is 2.91. The predicted molar refractivity (Wildman–Crippen MR) is 76.2 cm³/mol. The van der Waals surface area contributed by atoms with Gasteiger partial charge in [0.1, 0.15) is 0 Å². The van der Waals surface area contributed by atoms with Crippen molar-refractivity contribution in [1.29, 1.82) is 0 Å². The van der Waals surface area contributed by atoms with Gasteiger partial charge in [-0.25, -0.2) is 0 Å². The highest BCUT2D eigenvalue weighted by Crippen LogP contribution is 2.27. The molecule has 2 rings (SSSR count). The van der Waals surface area contributed by atoms with Crippen LogP contribution in [0.3, 0.4) is 0 Å². The minimum atomic E-state index is -0.272. The van der Waals surface area contributed by atoms with Crippen LogP contribution in [0.15, 0.2) is 24.3 Å². The molecule has 1 aromatic rings. The van der Waals surface area contributed by atoms with Gasteiger partial charge >= 0.3 is 5.97 Å². The normalized spacial score (nSPS) is 13.9. The van der Waals surface area contributed by atoms with E-state index in [2.05, 4.69) is 16.9 Å². The van der Waals surface area contributed by atoms with Crippen LogP contribution in [0.2, 0.25) is 0 Å². The molecule has 0 atom stereocenters. The molecule has 1 aliphatic rings. The van der Waals surface area contributed by atoms with E-state index in [-0.39, 0.29) is 24.2 Å². The first kappa shape index (κ1) is 14.6. The second kappa shape index (κ2) is 6.55. The number of amides is 1. The van der Waals surface area contributed by atoms with Crippen LogP contribution < -0.4 is 0 Å². The van der Waals surface area contributed by atoms with Crippen LogP contribution in [-0.2, 0) is 27.2 Å². The Hall–Kier alpha value is -1.84. The lowest BCUT2D eigenvalue weighted by molar-refractivity contribution is -0.142. The molecule has 0 heterocycles. The summed E-state index contributed by atoms with van der Waals surface area (Å²) in [7, 11) is 1.37. The van der Waals surface area contributed by atoms with Crippen LogP contribution in [0.5, 0.6) is 0 Å². The van der Waals surface area contributed by atoms with E-state index in [9.17, 15) is 9.59 Å². The Morgan fingerprint density at radius 1 is 1.25 bits per heavy atom. The largest absolute Gasteiger partial charge is 0.469 e. The quantitative estimate of drug-likeness (QED) is 0.770. The lowest BCUT2D eigenvalue weighted by Gasteiger charge is -2.23. The van der Waals surface area contributed by atoms with Crippen molar-refractivity contribution >= 4 is 11.9 Å². The smallest absolute Gasteiger partial charge is 0.307 e. The minimum Gasteiger partial charge on any atom is -0.469 e. The van der Waals surface area contributed by atoms with Crippen molar-refractivity contribution in [2.45, 2.75) is 26.2 Å². The molecule has 0 unspecified atom stereocenters. The van der Waals surface area contributed by atoms with Gasteiger partial charge in [0.2, 0.25) is 5.91 Å². The second-order valence-electron chi connectivity index (χ2n) is 5.12. The molecule has 20 heavy (non-hydrogen) atoms. The van der Waals surface area contributed by atoms with E-state index in [1.54, 1.807) is 4.90 Å². The molecule has 0 spiro atoms. The molecule has 0 saturated carbocycles. The first-order chi connectivity index (χ1) is 9.65. The van der Waals surface area contributed by atoms with Gasteiger partial charge in [-0.3, -0.25) is 9.59 Å². The summed E-state index contributed by atoms with van der Waals surface area (Å²) in [5.74, 6) is -0.108. The van der Waals surface area contributed by atoms with E-state index < -0.39 is 0 Å².